The molecule has 2 amide bonds. The Kier molecular flexibility index (Phi) is 5.40. The van der Waals surface area contributed by atoms with Gasteiger partial charge in [0.15, 0.2) is 0 Å². The van der Waals surface area contributed by atoms with Crippen molar-refractivity contribution in [3.05, 3.63) is 0 Å². The minimum absolute atomic E-state index is 0.136. The molecule has 0 aromatic heterocycles. The number of rotatable bonds is 4. The van der Waals surface area contributed by atoms with Crippen molar-refractivity contribution in [1.29, 1.82) is 0 Å². The van der Waals surface area contributed by atoms with E-state index in [1.54, 1.807) is 6.92 Å². The molecule has 1 fully saturated rings. The Morgan fingerprint density at radius 1 is 1.50 bits per heavy atom. The van der Waals surface area contributed by atoms with Crippen LogP contribution in [0.4, 0.5) is 4.79 Å². The van der Waals surface area contributed by atoms with E-state index < -0.39 is 5.97 Å². The molecule has 0 bridgehead atoms. The van der Waals surface area contributed by atoms with Crippen molar-refractivity contribution >= 4 is 12.0 Å². The molecule has 0 saturated carbocycles. The van der Waals surface area contributed by atoms with Gasteiger partial charge in [-0.05, 0) is 32.9 Å². The standard InChI is InChI=1S/C12H23N3O3/c1-4-15(8-11(16)17)12(18)13-10-5-6-14(3)7-9(10)2/h9-10H,4-8H2,1-3H3,(H,13,18)(H,16,17). The van der Waals surface area contributed by atoms with Gasteiger partial charge in [-0.3, -0.25) is 4.79 Å². The molecule has 0 spiro atoms. The van der Waals surface area contributed by atoms with E-state index in [9.17, 15) is 9.59 Å². The van der Waals surface area contributed by atoms with Crippen molar-refractivity contribution in [2.24, 2.45) is 5.92 Å². The smallest absolute Gasteiger partial charge is 0.323 e. The van der Waals surface area contributed by atoms with Gasteiger partial charge in [-0.2, -0.15) is 0 Å². The number of hydrogen-bond donors (Lipinski definition) is 2. The third-order valence-corrected chi connectivity index (χ3v) is 3.41. The molecule has 1 rings (SSSR count). The van der Waals surface area contributed by atoms with Gasteiger partial charge in [0, 0.05) is 19.1 Å². The Hall–Kier alpha value is -1.30. The Balaban J connectivity index is 2.49. The molecule has 1 aliphatic rings. The number of carbonyl (C=O) groups is 2. The van der Waals surface area contributed by atoms with Crippen molar-refractivity contribution in [2.75, 3.05) is 33.2 Å². The molecule has 1 heterocycles. The van der Waals surface area contributed by atoms with E-state index in [0.717, 1.165) is 19.5 Å². The van der Waals surface area contributed by atoms with Crippen LogP contribution >= 0.6 is 0 Å². The van der Waals surface area contributed by atoms with Crippen molar-refractivity contribution in [3.8, 4) is 0 Å². The quantitative estimate of drug-likeness (QED) is 0.766. The molecule has 104 valence electrons. The number of piperidine rings is 1. The van der Waals surface area contributed by atoms with Crippen LogP contribution in [0.2, 0.25) is 0 Å². The number of likely N-dealkylation sites (tertiary alicyclic amines) is 1. The fourth-order valence-corrected chi connectivity index (χ4v) is 2.31. The summed E-state index contributed by atoms with van der Waals surface area (Å²) in [6, 6.07) is -0.141. The minimum Gasteiger partial charge on any atom is -0.480 e. The third kappa shape index (κ3) is 4.18. The normalized spacial score (nSPS) is 24.6. The maximum atomic E-state index is 11.9. The zero-order valence-corrected chi connectivity index (χ0v) is 11.3. The predicted molar refractivity (Wildman–Crippen MR) is 68.5 cm³/mol. The molecule has 18 heavy (non-hydrogen) atoms. The highest BCUT2D eigenvalue weighted by Crippen LogP contribution is 2.15. The SMILES string of the molecule is CCN(CC(=O)O)C(=O)NC1CCN(C)CC1C. The average molecular weight is 257 g/mol. The monoisotopic (exact) mass is 257 g/mol. The first-order valence-corrected chi connectivity index (χ1v) is 6.39. The molecule has 2 N–H and O–H groups in total. The van der Waals surface area contributed by atoms with Crippen molar-refractivity contribution in [3.63, 3.8) is 0 Å². The Labute approximate surface area is 108 Å². The van der Waals surface area contributed by atoms with Gasteiger partial charge in [0.25, 0.3) is 0 Å². The van der Waals surface area contributed by atoms with Crippen LogP contribution in [-0.4, -0.2) is 66.2 Å². The number of nitrogens with one attached hydrogen (secondary N) is 1. The molecule has 0 aromatic rings. The van der Waals surface area contributed by atoms with Crippen LogP contribution in [0.3, 0.4) is 0 Å². The first-order chi connectivity index (χ1) is 8.43. The Morgan fingerprint density at radius 3 is 2.67 bits per heavy atom. The molecule has 0 radical (unpaired) electrons. The van der Waals surface area contributed by atoms with Gasteiger partial charge in [-0.1, -0.05) is 6.92 Å². The van der Waals surface area contributed by atoms with Gasteiger partial charge in [-0.15, -0.1) is 0 Å². The summed E-state index contributed by atoms with van der Waals surface area (Å²) >= 11 is 0. The fourth-order valence-electron chi connectivity index (χ4n) is 2.31. The lowest BCUT2D eigenvalue weighted by Gasteiger charge is -2.36. The van der Waals surface area contributed by atoms with E-state index in [1.165, 1.54) is 4.90 Å². The molecule has 1 aliphatic heterocycles. The minimum atomic E-state index is -0.983. The van der Waals surface area contributed by atoms with E-state index in [-0.39, 0.29) is 18.6 Å². The number of amides is 2. The number of likely N-dealkylation sites (N-methyl/N-ethyl adjacent to an activating group) is 1. The van der Waals surface area contributed by atoms with Gasteiger partial charge in [-0.25, -0.2) is 4.79 Å². The number of urea groups is 1. The van der Waals surface area contributed by atoms with Crippen LogP contribution < -0.4 is 5.32 Å². The lowest BCUT2D eigenvalue weighted by atomic mass is 9.94. The third-order valence-electron chi connectivity index (χ3n) is 3.41. The fraction of sp³-hybridized carbons (Fsp3) is 0.833. The first kappa shape index (κ1) is 14.8. The highest BCUT2D eigenvalue weighted by Gasteiger charge is 2.27. The van der Waals surface area contributed by atoms with Crippen LogP contribution in [0.1, 0.15) is 20.3 Å². The van der Waals surface area contributed by atoms with Crippen LogP contribution in [-0.2, 0) is 4.79 Å². The number of carboxylic acid groups (broad SMARTS) is 1. The highest BCUT2D eigenvalue weighted by atomic mass is 16.4. The van der Waals surface area contributed by atoms with Gasteiger partial charge in [0.05, 0.1) is 0 Å². The molecule has 0 aromatic carbocycles. The summed E-state index contributed by atoms with van der Waals surface area (Å²) in [6.45, 7) is 5.95. The Morgan fingerprint density at radius 2 is 2.17 bits per heavy atom. The number of carboxylic acids is 1. The molecular weight excluding hydrogens is 234 g/mol. The maximum absolute atomic E-state index is 11.9. The number of hydrogen-bond acceptors (Lipinski definition) is 3. The van der Waals surface area contributed by atoms with Gasteiger partial charge in [0.2, 0.25) is 0 Å². The number of carbonyl (C=O) groups excluding carboxylic acids is 1. The molecular formula is C12H23N3O3. The van der Waals surface area contributed by atoms with Crippen LogP contribution in [0.5, 0.6) is 0 Å². The van der Waals surface area contributed by atoms with E-state index in [4.69, 9.17) is 5.11 Å². The van der Waals surface area contributed by atoms with E-state index in [0.29, 0.717) is 12.5 Å². The van der Waals surface area contributed by atoms with Crippen LogP contribution in [0.15, 0.2) is 0 Å². The first-order valence-electron chi connectivity index (χ1n) is 6.39. The zero-order valence-electron chi connectivity index (χ0n) is 11.3. The highest BCUT2D eigenvalue weighted by molar-refractivity contribution is 5.80. The van der Waals surface area contributed by atoms with Crippen molar-refractivity contribution in [1.82, 2.24) is 15.1 Å². The van der Waals surface area contributed by atoms with Crippen LogP contribution in [0.25, 0.3) is 0 Å². The van der Waals surface area contributed by atoms with Gasteiger partial charge in [0.1, 0.15) is 6.54 Å². The summed E-state index contributed by atoms with van der Waals surface area (Å²) < 4.78 is 0. The topological polar surface area (TPSA) is 72.9 Å². The second-order valence-corrected chi connectivity index (χ2v) is 4.99. The molecule has 0 aliphatic carbocycles. The second-order valence-electron chi connectivity index (χ2n) is 4.99. The molecule has 6 heteroatoms. The molecule has 2 atom stereocenters. The number of nitrogens with zero attached hydrogens (tertiary/aromatic N) is 2. The lowest BCUT2D eigenvalue weighted by molar-refractivity contribution is -0.137. The molecule has 2 unspecified atom stereocenters. The van der Waals surface area contributed by atoms with Crippen LogP contribution in [0, 0.1) is 5.92 Å². The molecule has 1 saturated heterocycles. The second kappa shape index (κ2) is 6.58. The van der Waals surface area contributed by atoms with E-state index in [1.807, 2.05) is 0 Å². The van der Waals surface area contributed by atoms with Crippen molar-refractivity contribution in [2.45, 2.75) is 26.3 Å². The summed E-state index contributed by atoms with van der Waals surface area (Å²) in [5.74, 6) is -0.598. The predicted octanol–water partition coefficient (Wildman–Crippen LogP) is 0.443. The average Bonchev–Trinajstić information content (AvgIpc) is 2.29. The van der Waals surface area contributed by atoms with Gasteiger partial charge < -0.3 is 20.2 Å². The van der Waals surface area contributed by atoms with E-state index in [2.05, 4.69) is 24.2 Å². The lowest BCUT2D eigenvalue weighted by Crippen LogP contribution is -2.53. The summed E-state index contributed by atoms with van der Waals surface area (Å²) in [7, 11) is 2.07. The van der Waals surface area contributed by atoms with Gasteiger partial charge >= 0.3 is 12.0 Å². The summed E-state index contributed by atoms with van der Waals surface area (Å²) in [4.78, 5) is 26.1. The largest absolute Gasteiger partial charge is 0.480 e. The summed E-state index contributed by atoms with van der Waals surface area (Å²) in [5, 5.41) is 11.7. The number of aliphatic carboxylic acids is 1. The van der Waals surface area contributed by atoms with Crippen molar-refractivity contribution < 1.29 is 14.7 Å². The summed E-state index contributed by atoms with van der Waals surface area (Å²) in [5.41, 5.74) is 0. The Bertz CT molecular complexity index is 309. The molecule has 6 nitrogen and oxygen atoms in total. The van der Waals surface area contributed by atoms with E-state index >= 15 is 0 Å². The zero-order chi connectivity index (χ0) is 13.7. The maximum Gasteiger partial charge on any atom is 0.323 e. The summed E-state index contributed by atoms with van der Waals surface area (Å²) in [6.07, 6.45) is 0.911.